The fraction of sp³-hybridized carbons (Fsp3) is 0.118. The van der Waals surface area contributed by atoms with Gasteiger partial charge in [0.15, 0.2) is 12.3 Å². The Balaban J connectivity index is 1.79. The Kier molecular flexibility index (Phi) is 5.06. The van der Waals surface area contributed by atoms with E-state index < -0.39 is 5.91 Å². The fourth-order valence-corrected chi connectivity index (χ4v) is 2.89. The smallest absolute Gasteiger partial charge is 0.302 e. The van der Waals surface area contributed by atoms with Crippen LogP contribution in [-0.2, 0) is 11.8 Å². The van der Waals surface area contributed by atoms with Crippen molar-refractivity contribution in [1.29, 1.82) is 0 Å². The maximum atomic E-state index is 11.9. The number of halogens is 2. The molecule has 128 valence electrons. The third-order valence-electron chi connectivity index (χ3n) is 3.55. The van der Waals surface area contributed by atoms with Crippen LogP contribution in [0.1, 0.15) is 0 Å². The Morgan fingerprint density at radius 3 is 2.84 bits per heavy atom. The van der Waals surface area contributed by atoms with E-state index in [2.05, 4.69) is 26.2 Å². The summed E-state index contributed by atoms with van der Waals surface area (Å²) in [5.41, 5.74) is 0.919. The highest BCUT2D eigenvalue weighted by Crippen LogP contribution is 2.39. The van der Waals surface area contributed by atoms with Crippen LogP contribution < -0.4 is 4.74 Å². The molecule has 1 N–H and O–H groups in total. The molecule has 1 amide bonds. The number of para-hydroxylation sites is 1. The molecule has 0 saturated heterocycles. The minimum absolute atomic E-state index is 0.0967. The molecule has 0 fully saturated rings. The molecule has 0 aliphatic heterocycles. The summed E-state index contributed by atoms with van der Waals surface area (Å²) in [7, 11) is 1.68. The van der Waals surface area contributed by atoms with E-state index in [-0.39, 0.29) is 18.2 Å². The number of hydrogen-bond donors (Lipinski definition) is 1. The Morgan fingerprint density at radius 2 is 2.08 bits per heavy atom. The van der Waals surface area contributed by atoms with Gasteiger partial charge in [-0.05, 0) is 46.3 Å². The van der Waals surface area contributed by atoms with Crippen molar-refractivity contribution in [2.24, 2.45) is 17.3 Å². The predicted molar refractivity (Wildman–Crippen MR) is 98.8 cm³/mol. The average Bonchev–Trinajstić information content (AvgIpc) is 2.83. The van der Waals surface area contributed by atoms with E-state index in [1.54, 1.807) is 48.0 Å². The molecular formula is C17H13BrClN3O3. The molecule has 6 nitrogen and oxygen atoms in total. The highest BCUT2D eigenvalue weighted by Gasteiger charge is 2.15. The Hall–Kier alpha value is -2.38. The average molecular weight is 423 g/mol. The van der Waals surface area contributed by atoms with Gasteiger partial charge in [-0.2, -0.15) is 0 Å². The largest absolute Gasteiger partial charge is 0.493 e. The second-order valence-electron chi connectivity index (χ2n) is 5.21. The number of azo groups is 1. The number of hydrogen-bond acceptors (Lipinski definition) is 4. The summed E-state index contributed by atoms with van der Waals surface area (Å²) in [6.07, 6.45) is 0. The lowest BCUT2D eigenvalue weighted by atomic mass is 10.2. The van der Waals surface area contributed by atoms with E-state index in [0.29, 0.717) is 16.2 Å². The number of aryl methyl sites for hydroxylation is 1. The normalized spacial score (nSPS) is 11.3. The van der Waals surface area contributed by atoms with Gasteiger partial charge in [0.1, 0.15) is 5.75 Å². The minimum atomic E-state index is -0.575. The molecule has 0 radical (unpaired) electrons. The monoisotopic (exact) mass is 421 g/mol. The van der Waals surface area contributed by atoms with Crippen molar-refractivity contribution in [1.82, 2.24) is 4.57 Å². The molecule has 25 heavy (non-hydrogen) atoms. The van der Waals surface area contributed by atoms with Crippen molar-refractivity contribution in [3.05, 3.63) is 52.0 Å². The van der Waals surface area contributed by atoms with Crippen LogP contribution in [0.5, 0.6) is 11.6 Å². The van der Waals surface area contributed by atoms with E-state index in [1.807, 2.05) is 6.07 Å². The van der Waals surface area contributed by atoms with Gasteiger partial charge in [-0.15, -0.1) is 10.2 Å². The number of carbonyl (C=O) groups excluding carboxylic acids is 1. The van der Waals surface area contributed by atoms with Crippen molar-refractivity contribution in [2.45, 2.75) is 0 Å². The molecule has 8 heteroatoms. The molecule has 2 aromatic carbocycles. The van der Waals surface area contributed by atoms with Gasteiger partial charge >= 0.3 is 5.91 Å². The van der Waals surface area contributed by atoms with E-state index >= 15 is 0 Å². The molecule has 0 aliphatic carbocycles. The number of aromatic hydroxyl groups is 1. The molecule has 0 unspecified atom stereocenters. The predicted octanol–water partition coefficient (Wildman–Crippen LogP) is 4.99. The van der Waals surface area contributed by atoms with E-state index in [4.69, 9.17) is 16.3 Å². The molecule has 0 saturated carbocycles. The standard InChI is InChI=1S/C17H13BrClN3O3/c1-22-13-7-6-10(19)8-11(13)16(17(22)24)21-20-15(23)9-25-14-5-3-2-4-12(14)18/h2-8,24H,9H2,1H3. The lowest BCUT2D eigenvalue weighted by Gasteiger charge is -2.04. The van der Waals surface area contributed by atoms with Crippen LogP contribution in [0, 0.1) is 0 Å². The van der Waals surface area contributed by atoms with Gasteiger partial charge in [-0.3, -0.25) is 4.79 Å². The fourth-order valence-electron chi connectivity index (χ4n) is 2.32. The summed E-state index contributed by atoms with van der Waals surface area (Å²) in [5.74, 6) is -0.138. The van der Waals surface area contributed by atoms with Crippen LogP contribution in [0.4, 0.5) is 5.69 Å². The molecule has 0 bridgehead atoms. The zero-order valence-corrected chi connectivity index (χ0v) is 15.5. The van der Waals surface area contributed by atoms with Gasteiger partial charge in [0.05, 0.1) is 9.99 Å². The van der Waals surface area contributed by atoms with Crippen molar-refractivity contribution >= 4 is 50.0 Å². The molecule has 1 heterocycles. The number of carbonyl (C=O) groups is 1. The molecular weight excluding hydrogens is 410 g/mol. The zero-order valence-electron chi connectivity index (χ0n) is 13.1. The molecule has 1 aromatic heterocycles. The van der Waals surface area contributed by atoms with E-state index in [9.17, 15) is 9.90 Å². The Labute approximate surface area is 156 Å². The lowest BCUT2D eigenvalue weighted by molar-refractivity contribution is -0.120. The third-order valence-corrected chi connectivity index (χ3v) is 4.44. The first kappa shape index (κ1) is 17.4. The van der Waals surface area contributed by atoms with Gasteiger partial charge in [0.2, 0.25) is 5.88 Å². The van der Waals surface area contributed by atoms with Crippen LogP contribution >= 0.6 is 27.5 Å². The zero-order chi connectivity index (χ0) is 18.0. The highest BCUT2D eigenvalue weighted by molar-refractivity contribution is 9.10. The lowest BCUT2D eigenvalue weighted by Crippen LogP contribution is -2.08. The first-order chi connectivity index (χ1) is 12.0. The summed E-state index contributed by atoms with van der Waals surface area (Å²) < 4.78 is 7.67. The molecule has 0 aliphatic rings. The van der Waals surface area contributed by atoms with Gasteiger partial charge in [-0.1, -0.05) is 23.7 Å². The van der Waals surface area contributed by atoms with Gasteiger partial charge in [-0.25, -0.2) is 0 Å². The second kappa shape index (κ2) is 7.25. The summed E-state index contributed by atoms with van der Waals surface area (Å²) in [6.45, 7) is -0.265. The number of nitrogens with zero attached hydrogens (tertiary/aromatic N) is 3. The number of rotatable bonds is 4. The number of amides is 1. The Bertz CT molecular complexity index is 985. The molecule has 0 spiro atoms. The number of ether oxygens (including phenoxy) is 1. The topological polar surface area (TPSA) is 76.2 Å². The third kappa shape index (κ3) is 3.67. The quantitative estimate of drug-likeness (QED) is 0.602. The second-order valence-corrected chi connectivity index (χ2v) is 6.50. The number of aromatic nitrogens is 1. The van der Waals surface area contributed by atoms with Crippen LogP contribution in [0.2, 0.25) is 5.02 Å². The SMILES string of the molecule is Cn1c(O)c(N=NC(=O)COc2ccccc2Br)c2cc(Cl)ccc21. The first-order valence-corrected chi connectivity index (χ1v) is 8.43. The van der Waals surface area contributed by atoms with Gasteiger partial charge < -0.3 is 14.4 Å². The first-order valence-electron chi connectivity index (χ1n) is 7.26. The van der Waals surface area contributed by atoms with Crippen LogP contribution in [-0.4, -0.2) is 22.2 Å². The van der Waals surface area contributed by atoms with Crippen molar-refractivity contribution < 1.29 is 14.6 Å². The van der Waals surface area contributed by atoms with Crippen molar-refractivity contribution in [3.63, 3.8) is 0 Å². The van der Waals surface area contributed by atoms with Gasteiger partial charge in [0, 0.05) is 17.5 Å². The van der Waals surface area contributed by atoms with E-state index in [1.165, 1.54) is 0 Å². The summed E-state index contributed by atoms with van der Waals surface area (Å²) in [5, 5.41) is 18.8. The van der Waals surface area contributed by atoms with Gasteiger partial charge in [0.25, 0.3) is 0 Å². The highest BCUT2D eigenvalue weighted by atomic mass is 79.9. The molecule has 3 rings (SSSR count). The number of fused-ring (bicyclic) bond motifs is 1. The minimum Gasteiger partial charge on any atom is -0.493 e. The molecule has 3 aromatic rings. The van der Waals surface area contributed by atoms with Crippen molar-refractivity contribution in [2.75, 3.05) is 6.61 Å². The van der Waals surface area contributed by atoms with Crippen molar-refractivity contribution in [3.8, 4) is 11.6 Å². The molecule has 0 atom stereocenters. The summed E-state index contributed by atoms with van der Waals surface area (Å²) in [6, 6.07) is 12.3. The van der Waals surface area contributed by atoms with Crippen LogP contribution in [0.25, 0.3) is 10.9 Å². The summed E-state index contributed by atoms with van der Waals surface area (Å²) in [4.78, 5) is 11.9. The maximum absolute atomic E-state index is 11.9. The van der Waals surface area contributed by atoms with Crippen LogP contribution in [0.3, 0.4) is 0 Å². The Morgan fingerprint density at radius 1 is 1.32 bits per heavy atom. The number of benzene rings is 2. The van der Waals surface area contributed by atoms with Crippen LogP contribution in [0.15, 0.2) is 57.2 Å². The van der Waals surface area contributed by atoms with E-state index in [0.717, 1.165) is 9.99 Å². The maximum Gasteiger partial charge on any atom is 0.302 e. The summed E-state index contributed by atoms with van der Waals surface area (Å²) >= 11 is 9.32.